The number of fused-ring (bicyclic) bond motifs is 1. The van der Waals surface area contributed by atoms with E-state index in [9.17, 15) is 4.79 Å². The van der Waals surface area contributed by atoms with Crippen LogP contribution in [0.4, 0.5) is 11.4 Å². The molecule has 6 heteroatoms. The SMILES string of the molecule is Cc1n[nH]c(C)c1NC(=O)CN1CCN(C)c2ccccc2C1. The van der Waals surface area contributed by atoms with Crippen LogP contribution in [0.15, 0.2) is 24.3 Å². The second-order valence-electron chi connectivity index (χ2n) is 6.12. The monoisotopic (exact) mass is 313 g/mol. The number of aromatic amines is 1. The Balaban J connectivity index is 1.68. The molecule has 23 heavy (non-hydrogen) atoms. The standard InChI is InChI=1S/C17H23N5O/c1-12-17(13(2)20-19-12)18-16(23)11-22-9-8-21(3)15-7-5-4-6-14(15)10-22/h4-7H,8-11H2,1-3H3,(H,18,23)(H,19,20). The lowest BCUT2D eigenvalue weighted by Gasteiger charge is -2.20. The zero-order valence-corrected chi connectivity index (χ0v) is 13.9. The maximum absolute atomic E-state index is 12.4. The van der Waals surface area contributed by atoms with E-state index in [1.807, 2.05) is 13.8 Å². The minimum atomic E-state index is -0.000339. The van der Waals surface area contributed by atoms with Gasteiger partial charge in [-0.15, -0.1) is 0 Å². The van der Waals surface area contributed by atoms with Crippen molar-refractivity contribution >= 4 is 17.3 Å². The molecule has 0 unspecified atom stereocenters. The topological polar surface area (TPSA) is 64.3 Å². The van der Waals surface area contributed by atoms with Crippen molar-refractivity contribution in [3.8, 4) is 0 Å². The van der Waals surface area contributed by atoms with Crippen LogP contribution in [-0.2, 0) is 11.3 Å². The maximum atomic E-state index is 12.4. The number of likely N-dealkylation sites (N-methyl/N-ethyl adjacent to an activating group) is 1. The number of aromatic nitrogens is 2. The lowest BCUT2D eigenvalue weighted by molar-refractivity contribution is -0.117. The summed E-state index contributed by atoms with van der Waals surface area (Å²) in [6.07, 6.45) is 0. The van der Waals surface area contributed by atoms with Crippen LogP contribution in [-0.4, -0.2) is 47.7 Å². The number of nitrogens with one attached hydrogen (secondary N) is 2. The molecule has 1 aliphatic rings. The van der Waals surface area contributed by atoms with Crippen LogP contribution in [0, 0.1) is 13.8 Å². The van der Waals surface area contributed by atoms with Crippen molar-refractivity contribution in [1.82, 2.24) is 15.1 Å². The van der Waals surface area contributed by atoms with Crippen LogP contribution in [0.2, 0.25) is 0 Å². The van der Waals surface area contributed by atoms with E-state index in [2.05, 4.69) is 56.6 Å². The van der Waals surface area contributed by atoms with Gasteiger partial charge in [-0.1, -0.05) is 18.2 Å². The first-order valence-electron chi connectivity index (χ1n) is 7.87. The van der Waals surface area contributed by atoms with Crippen molar-refractivity contribution in [2.24, 2.45) is 0 Å². The van der Waals surface area contributed by atoms with E-state index in [1.54, 1.807) is 0 Å². The van der Waals surface area contributed by atoms with Crippen LogP contribution in [0.5, 0.6) is 0 Å². The van der Waals surface area contributed by atoms with Gasteiger partial charge in [-0.25, -0.2) is 0 Å². The molecule has 1 aromatic heterocycles. The van der Waals surface area contributed by atoms with Crippen LogP contribution in [0.1, 0.15) is 17.0 Å². The molecule has 0 bridgehead atoms. The summed E-state index contributed by atoms with van der Waals surface area (Å²) in [4.78, 5) is 16.8. The van der Waals surface area contributed by atoms with Crippen molar-refractivity contribution in [3.05, 3.63) is 41.2 Å². The Hall–Kier alpha value is -2.34. The maximum Gasteiger partial charge on any atom is 0.238 e. The fourth-order valence-electron chi connectivity index (χ4n) is 3.00. The minimum absolute atomic E-state index is 0.000339. The number of para-hydroxylation sites is 1. The highest BCUT2D eigenvalue weighted by Crippen LogP contribution is 2.23. The van der Waals surface area contributed by atoms with Gasteiger partial charge in [0.1, 0.15) is 0 Å². The van der Waals surface area contributed by atoms with E-state index >= 15 is 0 Å². The van der Waals surface area contributed by atoms with Gasteiger partial charge in [0.25, 0.3) is 0 Å². The summed E-state index contributed by atoms with van der Waals surface area (Å²) >= 11 is 0. The quantitative estimate of drug-likeness (QED) is 0.908. The highest BCUT2D eigenvalue weighted by molar-refractivity contribution is 5.93. The van der Waals surface area contributed by atoms with Crippen molar-refractivity contribution in [1.29, 1.82) is 0 Å². The van der Waals surface area contributed by atoms with Gasteiger partial charge >= 0.3 is 0 Å². The number of rotatable bonds is 3. The molecule has 2 N–H and O–H groups in total. The Morgan fingerprint density at radius 3 is 2.83 bits per heavy atom. The number of carbonyl (C=O) groups excluding carboxylic acids is 1. The van der Waals surface area contributed by atoms with Crippen molar-refractivity contribution < 1.29 is 4.79 Å². The second-order valence-corrected chi connectivity index (χ2v) is 6.12. The van der Waals surface area contributed by atoms with Crippen molar-refractivity contribution in [2.75, 3.05) is 36.9 Å². The number of anilines is 2. The van der Waals surface area contributed by atoms with Gasteiger partial charge in [-0.05, 0) is 25.5 Å². The molecule has 0 spiro atoms. The smallest absolute Gasteiger partial charge is 0.238 e. The number of carbonyl (C=O) groups is 1. The third-order valence-electron chi connectivity index (χ3n) is 4.31. The average Bonchev–Trinajstić information content (AvgIpc) is 2.75. The van der Waals surface area contributed by atoms with E-state index in [0.29, 0.717) is 6.54 Å². The predicted octanol–water partition coefficient (Wildman–Crippen LogP) is 1.92. The largest absolute Gasteiger partial charge is 0.373 e. The van der Waals surface area contributed by atoms with Crippen molar-refractivity contribution in [3.63, 3.8) is 0 Å². The van der Waals surface area contributed by atoms with Gasteiger partial charge in [-0.3, -0.25) is 14.8 Å². The molecule has 2 aromatic rings. The molecule has 6 nitrogen and oxygen atoms in total. The summed E-state index contributed by atoms with van der Waals surface area (Å²) in [5, 5.41) is 9.97. The highest BCUT2D eigenvalue weighted by Gasteiger charge is 2.20. The molecule has 0 aliphatic carbocycles. The summed E-state index contributed by atoms with van der Waals surface area (Å²) in [5.74, 6) is -0.000339. The fraction of sp³-hybridized carbons (Fsp3) is 0.412. The Labute approximate surface area is 136 Å². The summed E-state index contributed by atoms with van der Waals surface area (Å²) in [6.45, 7) is 6.74. The van der Waals surface area contributed by atoms with Gasteiger partial charge in [0.2, 0.25) is 5.91 Å². The van der Waals surface area contributed by atoms with E-state index in [-0.39, 0.29) is 5.91 Å². The Kier molecular flexibility index (Phi) is 4.34. The molecule has 1 amide bonds. The number of aryl methyl sites for hydroxylation is 2. The molecular formula is C17H23N5O. The van der Waals surface area contributed by atoms with E-state index in [0.717, 1.165) is 36.7 Å². The number of hydrogen-bond donors (Lipinski definition) is 2. The molecule has 122 valence electrons. The molecule has 0 saturated heterocycles. The normalized spacial score (nSPS) is 15.2. The van der Waals surface area contributed by atoms with Gasteiger partial charge in [-0.2, -0.15) is 5.10 Å². The van der Waals surface area contributed by atoms with Crippen LogP contribution >= 0.6 is 0 Å². The first-order chi connectivity index (χ1) is 11.0. The van der Waals surface area contributed by atoms with E-state index < -0.39 is 0 Å². The molecule has 0 saturated carbocycles. The van der Waals surface area contributed by atoms with Gasteiger partial charge in [0, 0.05) is 32.4 Å². The van der Waals surface area contributed by atoms with Crippen LogP contribution in [0.3, 0.4) is 0 Å². The molecule has 0 atom stereocenters. The van der Waals surface area contributed by atoms with E-state index in [1.165, 1.54) is 11.3 Å². The summed E-state index contributed by atoms with van der Waals surface area (Å²) in [5.41, 5.74) is 5.00. The number of nitrogens with zero attached hydrogens (tertiary/aromatic N) is 3. The summed E-state index contributed by atoms with van der Waals surface area (Å²) in [7, 11) is 2.10. The van der Waals surface area contributed by atoms with Crippen molar-refractivity contribution in [2.45, 2.75) is 20.4 Å². The Morgan fingerprint density at radius 1 is 1.30 bits per heavy atom. The molecule has 1 aliphatic heterocycles. The van der Waals surface area contributed by atoms with Gasteiger partial charge in [0.05, 0.1) is 23.6 Å². The van der Waals surface area contributed by atoms with E-state index in [4.69, 9.17) is 0 Å². The number of benzene rings is 1. The van der Waals surface area contributed by atoms with Gasteiger partial charge < -0.3 is 10.2 Å². The van der Waals surface area contributed by atoms with Gasteiger partial charge in [0.15, 0.2) is 0 Å². The fourth-order valence-corrected chi connectivity index (χ4v) is 3.00. The summed E-state index contributed by atoms with van der Waals surface area (Å²) < 4.78 is 0. The summed E-state index contributed by atoms with van der Waals surface area (Å²) in [6, 6.07) is 8.38. The zero-order chi connectivity index (χ0) is 16.4. The lowest BCUT2D eigenvalue weighted by atomic mass is 10.1. The third-order valence-corrected chi connectivity index (χ3v) is 4.31. The average molecular weight is 313 g/mol. The number of H-pyrrole nitrogens is 1. The first-order valence-corrected chi connectivity index (χ1v) is 7.87. The molecule has 0 radical (unpaired) electrons. The lowest BCUT2D eigenvalue weighted by Crippen LogP contribution is -2.35. The molecule has 0 fully saturated rings. The minimum Gasteiger partial charge on any atom is -0.373 e. The second kappa shape index (κ2) is 6.42. The third kappa shape index (κ3) is 3.37. The van der Waals surface area contributed by atoms with Crippen LogP contribution < -0.4 is 10.2 Å². The Morgan fingerprint density at radius 2 is 2.09 bits per heavy atom. The molecule has 3 rings (SSSR count). The Bertz CT molecular complexity index is 689. The molecule has 1 aromatic carbocycles. The highest BCUT2D eigenvalue weighted by atomic mass is 16.2. The predicted molar refractivity (Wildman–Crippen MR) is 91.7 cm³/mol. The zero-order valence-electron chi connectivity index (χ0n) is 13.9. The first kappa shape index (κ1) is 15.6. The van der Waals surface area contributed by atoms with Crippen LogP contribution in [0.25, 0.3) is 0 Å². The molecular weight excluding hydrogens is 290 g/mol. The number of hydrogen-bond acceptors (Lipinski definition) is 4. The number of amides is 1. The molecule has 2 heterocycles.